The van der Waals surface area contributed by atoms with Gasteiger partial charge in [0.2, 0.25) is 5.91 Å². The summed E-state index contributed by atoms with van der Waals surface area (Å²) >= 11 is 0. The fourth-order valence-electron chi connectivity index (χ4n) is 1.78. The van der Waals surface area contributed by atoms with Crippen LogP contribution < -0.4 is 5.73 Å². The summed E-state index contributed by atoms with van der Waals surface area (Å²) in [6.45, 7) is -0.498. The van der Waals surface area contributed by atoms with Gasteiger partial charge in [-0.25, -0.2) is 9.59 Å². The predicted molar refractivity (Wildman–Crippen MR) is 59.1 cm³/mol. The van der Waals surface area contributed by atoms with Gasteiger partial charge in [0.15, 0.2) is 0 Å². The summed E-state index contributed by atoms with van der Waals surface area (Å²) in [5.74, 6) is -5.11. The fourth-order valence-corrected chi connectivity index (χ4v) is 1.78. The van der Waals surface area contributed by atoms with Gasteiger partial charge in [0.1, 0.15) is 11.6 Å². The zero-order valence-electron chi connectivity index (χ0n) is 9.65. The molecule has 1 fully saturated rings. The van der Waals surface area contributed by atoms with Gasteiger partial charge in [-0.1, -0.05) is 0 Å². The van der Waals surface area contributed by atoms with Crippen LogP contribution in [0.3, 0.4) is 0 Å². The SMILES string of the molecule is N[C@]1(C(=O)O)C[C@@H](C(=O)O)N(C(=O)/C=C/C(=O)O)C1. The molecule has 0 spiro atoms. The molecule has 0 unspecified atom stereocenters. The van der Waals surface area contributed by atoms with Crippen molar-refractivity contribution < 1.29 is 34.5 Å². The maximum atomic E-state index is 11.6. The van der Waals surface area contributed by atoms with Crippen molar-refractivity contribution >= 4 is 23.8 Å². The Hall–Kier alpha value is -2.42. The maximum Gasteiger partial charge on any atom is 0.328 e. The van der Waals surface area contributed by atoms with E-state index in [9.17, 15) is 19.2 Å². The average Bonchev–Trinajstić information content (AvgIpc) is 2.66. The van der Waals surface area contributed by atoms with Crippen LogP contribution in [0.1, 0.15) is 6.42 Å². The highest BCUT2D eigenvalue weighted by Gasteiger charge is 2.50. The maximum absolute atomic E-state index is 11.6. The van der Waals surface area contributed by atoms with Crippen molar-refractivity contribution in [1.82, 2.24) is 4.90 Å². The van der Waals surface area contributed by atoms with E-state index >= 15 is 0 Å². The molecule has 1 saturated heterocycles. The summed E-state index contributed by atoms with van der Waals surface area (Å²) in [5, 5.41) is 26.2. The second-order valence-electron chi connectivity index (χ2n) is 4.16. The third kappa shape index (κ3) is 3.07. The molecule has 0 aromatic heterocycles. The average molecular weight is 272 g/mol. The smallest absolute Gasteiger partial charge is 0.328 e. The third-order valence-electron chi connectivity index (χ3n) is 2.75. The number of aliphatic carboxylic acids is 3. The van der Waals surface area contributed by atoms with Crippen LogP contribution in [0.15, 0.2) is 12.2 Å². The van der Waals surface area contributed by atoms with Gasteiger partial charge in [0.25, 0.3) is 0 Å². The number of carbonyl (C=O) groups is 4. The van der Waals surface area contributed by atoms with Gasteiger partial charge in [0.05, 0.1) is 6.54 Å². The minimum absolute atomic E-state index is 0.440. The van der Waals surface area contributed by atoms with Gasteiger partial charge < -0.3 is 26.0 Å². The number of carboxylic acid groups (broad SMARTS) is 3. The van der Waals surface area contributed by atoms with Crippen molar-refractivity contribution in [2.75, 3.05) is 6.54 Å². The van der Waals surface area contributed by atoms with E-state index in [1.807, 2.05) is 0 Å². The quantitative estimate of drug-likeness (QED) is 0.432. The van der Waals surface area contributed by atoms with Crippen LogP contribution in [-0.4, -0.2) is 62.2 Å². The van der Waals surface area contributed by atoms with Crippen LogP contribution in [0.5, 0.6) is 0 Å². The van der Waals surface area contributed by atoms with Crippen molar-refractivity contribution in [2.24, 2.45) is 5.73 Å². The van der Waals surface area contributed by atoms with Crippen LogP contribution in [-0.2, 0) is 19.2 Å². The number of nitrogens with two attached hydrogens (primary N) is 1. The standard InChI is InChI=1S/C10H12N2O7/c11-10(9(18)19)3-5(8(16)17)12(4-10)6(13)1-2-7(14)15/h1-2,5H,3-4,11H2,(H,14,15)(H,16,17)(H,18,19)/b2-1+/t5-,10+/m0/s1. The molecule has 1 heterocycles. The van der Waals surface area contributed by atoms with E-state index in [1.54, 1.807) is 0 Å². The zero-order valence-corrected chi connectivity index (χ0v) is 9.65. The predicted octanol–water partition coefficient (Wildman–Crippen LogP) is -1.91. The van der Waals surface area contributed by atoms with Crippen LogP contribution in [0, 0.1) is 0 Å². The lowest BCUT2D eigenvalue weighted by molar-refractivity contribution is -0.146. The van der Waals surface area contributed by atoms with E-state index in [0.29, 0.717) is 12.2 Å². The van der Waals surface area contributed by atoms with Crippen molar-refractivity contribution in [1.29, 1.82) is 0 Å². The fraction of sp³-hybridized carbons (Fsp3) is 0.400. The molecule has 0 aromatic carbocycles. The second-order valence-corrected chi connectivity index (χ2v) is 4.16. The first-order valence-electron chi connectivity index (χ1n) is 5.14. The molecule has 1 amide bonds. The van der Waals surface area contributed by atoms with Crippen molar-refractivity contribution in [3.8, 4) is 0 Å². The lowest BCUT2D eigenvalue weighted by Gasteiger charge is -2.20. The Morgan fingerprint density at radius 2 is 1.74 bits per heavy atom. The summed E-state index contributed by atoms with van der Waals surface area (Å²) in [5.41, 5.74) is 3.67. The van der Waals surface area contributed by atoms with E-state index in [4.69, 9.17) is 21.1 Å². The molecule has 0 aliphatic carbocycles. The van der Waals surface area contributed by atoms with Crippen LogP contribution in [0.25, 0.3) is 0 Å². The molecule has 104 valence electrons. The minimum Gasteiger partial charge on any atom is -0.480 e. The largest absolute Gasteiger partial charge is 0.480 e. The Morgan fingerprint density at radius 3 is 2.16 bits per heavy atom. The van der Waals surface area contributed by atoms with Crippen molar-refractivity contribution in [3.63, 3.8) is 0 Å². The molecule has 1 rings (SSSR count). The summed E-state index contributed by atoms with van der Waals surface area (Å²) < 4.78 is 0. The molecule has 0 aromatic rings. The molecule has 1 aliphatic heterocycles. The van der Waals surface area contributed by atoms with Gasteiger partial charge in [-0.15, -0.1) is 0 Å². The Labute approximate surface area is 106 Å². The molecule has 1 aliphatic rings. The van der Waals surface area contributed by atoms with E-state index in [1.165, 1.54) is 0 Å². The number of carbonyl (C=O) groups excluding carboxylic acids is 1. The van der Waals surface area contributed by atoms with E-state index < -0.39 is 48.4 Å². The normalized spacial score (nSPS) is 26.6. The third-order valence-corrected chi connectivity index (χ3v) is 2.75. The highest BCUT2D eigenvalue weighted by molar-refractivity contribution is 5.97. The molecule has 5 N–H and O–H groups in total. The second kappa shape index (κ2) is 5.06. The molecule has 0 radical (unpaired) electrons. The van der Waals surface area contributed by atoms with E-state index in [0.717, 1.165) is 4.90 Å². The molecular formula is C10H12N2O7. The lowest BCUT2D eigenvalue weighted by Crippen LogP contribution is -2.50. The first kappa shape index (κ1) is 14.6. The van der Waals surface area contributed by atoms with Crippen molar-refractivity contribution in [2.45, 2.75) is 18.0 Å². The topological polar surface area (TPSA) is 158 Å². The highest BCUT2D eigenvalue weighted by atomic mass is 16.4. The molecular weight excluding hydrogens is 260 g/mol. The number of nitrogens with zero attached hydrogens (tertiary/aromatic N) is 1. The Morgan fingerprint density at radius 1 is 1.16 bits per heavy atom. The number of hydrogen-bond donors (Lipinski definition) is 4. The number of likely N-dealkylation sites (tertiary alicyclic amines) is 1. The summed E-state index contributed by atoms with van der Waals surface area (Å²) in [7, 11) is 0. The van der Waals surface area contributed by atoms with Gasteiger partial charge >= 0.3 is 17.9 Å². The summed E-state index contributed by atoms with van der Waals surface area (Å²) in [6.07, 6.45) is 0.759. The van der Waals surface area contributed by atoms with Crippen molar-refractivity contribution in [3.05, 3.63) is 12.2 Å². The Bertz CT molecular complexity index is 472. The molecule has 9 nitrogen and oxygen atoms in total. The minimum atomic E-state index is -1.85. The molecule has 19 heavy (non-hydrogen) atoms. The number of carboxylic acids is 3. The molecule has 9 heteroatoms. The molecule has 0 saturated carbocycles. The Balaban J connectivity index is 2.98. The summed E-state index contributed by atoms with van der Waals surface area (Å²) in [6, 6.07) is -1.40. The molecule has 2 atom stereocenters. The van der Waals surface area contributed by atoms with Gasteiger partial charge in [-0.3, -0.25) is 9.59 Å². The number of rotatable bonds is 4. The van der Waals surface area contributed by atoms with Gasteiger partial charge in [0, 0.05) is 18.6 Å². The van der Waals surface area contributed by atoms with Gasteiger partial charge in [-0.05, 0) is 0 Å². The first-order chi connectivity index (χ1) is 8.67. The monoisotopic (exact) mass is 272 g/mol. The van der Waals surface area contributed by atoms with Crippen LogP contribution in [0.4, 0.5) is 0 Å². The first-order valence-corrected chi connectivity index (χ1v) is 5.14. The lowest BCUT2D eigenvalue weighted by atomic mass is 9.98. The zero-order chi connectivity index (χ0) is 14.8. The number of hydrogen-bond acceptors (Lipinski definition) is 5. The van der Waals surface area contributed by atoms with E-state index in [2.05, 4.69) is 0 Å². The molecule has 0 bridgehead atoms. The van der Waals surface area contributed by atoms with Gasteiger partial charge in [-0.2, -0.15) is 0 Å². The summed E-state index contributed by atoms with van der Waals surface area (Å²) in [4.78, 5) is 44.6. The Kier molecular flexibility index (Phi) is 3.90. The van der Waals surface area contributed by atoms with E-state index in [-0.39, 0.29) is 0 Å². The van der Waals surface area contributed by atoms with Crippen LogP contribution >= 0.6 is 0 Å². The highest BCUT2D eigenvalue weighted by Crippen LogP contribution is 2.26. The number of amides is 1. The van der Waals surface area contributed by atoms with Crippen LogP contribution in [0.2, 0.25) is 0 Å².